The number of Topliss-reactive ketones (excluding diaryl/α,β-unsaturated/α-hetero) is 1. The molecule has 5 heteroatoms. The minimum Gasteiger partial charge on any atom is -0.485 e. The third-order valence-corrected chi connectivity index (χ3v) is 4.27. The van der Waals surface area contributed by atoms with Gasteiger partial charge in [0.2, 0.25) is 0 Å². The molecule has 1 N–H and O–H groups in total. The number of aromatic nitrogens is 1. The average molecular weight is 313 g/mol. The van der Waals surface area contributed by atoms with Gasteiger partial charge in [-0.3, -0.25) is 9.59 Å². The highest BCUT2D eigenvalue weighted by molar-refractivity contribution is 5.94. The lowest BCUT2D eigenvalue weighted by atomic mass is 9.85. The van der Waals surface area contributed by atoms with E-state index in [-0.39, 0.29) is 11.3 Å². The lowest BCUT2D eigenvalue weighted by Crippen LogP contribution is -2.52. The highest BCUT2D eigenvalue weighted by Crippen LogP contribution is 2.41. The number of carbonyl (C=O) groups excluding carboxylic acids is 1. The van der Waals surface area contributed by atoms with Gasteiger partial charge in [0.25, 0.3) is 5.56 Å². The van der Waals surface area contributed by atoms with Gasteiger partial charge in [0.15, 0.2) is 5.78 Å². The summed E-state index contributed by atoms with van der Waals surface area (Å²) in [6.07, 6.45) is 0.708. The summed E-state index contributed by atoms with van der Waals surface area (Å²) in [6.45, 7) is 5.04. The second kappa shape index (κ2) is 5.35. The number of carbonyl (C=O) groups is 1. The highest BCUT2D eigenvalue weighted by atomic mass is 16.5. The number of aliphatic hydroxyl groups excluding tert-OH is 1. The van der Waals surface area contributed by atoms with Crippen molar-refractivity contribution >= 4 is 5.78 Å². The smallest absolute Gasteiger partial charge is 0.251 e. The molecule has 1 aromatic carbocycles. The van der Waals surface area contributed by atoms with Crippen LogP contribution in [-0.4, -0.2) is 27.2 Å². The topological polar surface area (TPSA) is 68.5 Å². The maximum atomic E-state index is 12.2. The van der Waals surface area contributed by atoms with Crippen LogP contribution in [0.4, 0.5) is 0 Å². The molecular formula is C18H19NO4. The first-order valence-electron chi connectivity index (χ1n) is 7.50. The number of benzene rings is 1. The number of pyridine rings is 1. The second-order valence-electron chi connectivity index (χ2n) is 6.35. The quantitative estimate of drug-likeness (QED) is 0.863. The number of ketones is 1. The van der Waals surface area contributed by atoms with E-state index in [9.17, 15) is 14.7 Å². The first-order chi connectivity index (χ1) is 10.8. The number of rotatable bonds is 2. The molecule has 0 saturated carbocycles. The van der Waals surface area contributed by atoms with E-state index >= 15 is 0 Å². The largest absolute Gasteiger partial charge is 0.485 e. The highest BCUT2D eigenvalue weighted by Gasteiger charge is 2.44. The molecule has 0 saturated heterocycles. The van der Waals surface area contributed by atoms with E-state index in [1.807, 2.05) is 0 Å². The Bertz CT molecular complexity index is 822. The minimum absolute atomic E-state index is 0.0775. The van der Waals surface area contributed by atoms with Crippen LogP contribution < -0.4 is 10.3 Å². The summed E-state index contributed by atoms with van der Waals surface area (Å²) in [5.74, 6) is 0.498. The maximum Gasteiger partial charge on any atom is 0.251 e. The molecule has 2 heterocycles. The molecule has 120 valence electrons. The van der Waals surface area contributed by atoms with Crippen LogP contribution in [0.5, 0.6) is 5.75 Å². The number of hydrogen-bond acceptors (Lipinski definition) is 4. The average Bonchev–Trinajstić information content (AvgIpc) is 2.49. The SMILES string of the molecule is CC(=O)c1ccc2c(c1)[C@@H](n1ccccc1=O)[C@H](O)C(C)(C)O2. The van der Waals surface area contributed by atoms with E-state index in [2.05, 4.69) is 0 Å². The van der Waals surface area contributed by atoms with Crippen LogP contribution in [0.3, 0.4) is 0 Å². The van der Waals surface area contributed by atoms with Gasteiger partial charge >= 0.3 is 0 Å². The molecule has 5 nitrogen and oxygen atoms in total. The Morgan fingerprint density at radius 2 is 2.00 bits per heavy atom. The monoisotopic (exact) mass is 313 g/mol. The number of hydrogen-bond donors (Lipinski definition) is 1. The van der Waals surface area contributed by atoms with Crippen molar-refractivity contribution in [2.45, 2.75) is 38.5 Å². The van der Waals surface area contributed by atoms with Crippen molar-refractivity contribution in [3.8, 4) is 5.75 Å². The van der Waals surface area contributed by atoms with Crippen LogP contribution in [0.25, 0.3) is 0 Å². The van der Waals surface area contributed by atoms with Crippen molar-refractivity contribution in [1.29, 1.82) is 0 Å². The van der Waals surface area contributed by atoms with Gasteiger partial charge in [-0.05, 0) is 45.0 Å². The molecule has 1 aromatic heterocycles. The zero-order valence-corrected chi connectivity index (χ0v) is 13.3. The number of ether oxygens (including phenoxy) is 1. The van der Waals surface area contributed by atoms with Crippen LogP contribution >= 0.6 is 0 Å². The second-order valence-corrected chi connectivity index (χ2v) is 6.35. The summed E-state index contributed by atoms with van der Waals surface area (Å²) in [5, 5.41) is 10.8. The molecular weight excluding hydrogens is 294 g/mol. The summed E-state index contributed by atoms with van der Waals surface area (Å²) in [7, 11) is 0. The summed E-state index contributed by atoms with van der Waals surface area (Å²) in [6, 6.07) is 9.35. The van der Waals surface area contributed by atoms with Crippen molar-refractivity contribution in [3.05, 3.63) is 64.1 Å². The number of fused-ring (bicyclic) bond motifs is 1. The minimum atomic E-state index is -0.933. The Morgan fingerprint density at radius 1 is 1.26 bits per heavy atom. The van der Waals surface area contributed by atoms with Crippen molar-refractivity contribution in [3.63, 3.8) is 0 Å². The van der Waals surface area contributed by atoms with Crippen LogP contribution in [0.1, 0.15) is 42.7 Å². The van der Waals surface area contributed by atoms with Crippen LogP contribution in [0, 0.1) is 0 Å². The van der Waals surface area contributed by atoms with E-state index in [1.54, 1.807) is 50.4 Å². The number of nitrogens with zero attached hydrogens (tertiary/aromatic N) is 1. The third kappa shape index (κ3) is 2.57. The molecule has 0 fully saturated rings. The predicted octanol–water partition coefficient (Wildman–Crippen LogP) is 2.17. The molecule has 2 aromatic rings. The van der Waals surface area contributed by atoms with E-state index in [0.717, 1.165) is 0 Å². The molecule has 2 atom stereocenters. The fourth-order valence-electron chi connectivity index (χ4n) is 2.96. The third-order valence-electron chi connectivity index (χ3n) is 4.27. The van der Waals surface area contributed by atoms with Gasteiger partial charge in [-0.2, -0.15) is 0 Å². The summed E-state index contributed by atoms with van der Waals surface area (Å²) < 4.78 is 7.37. The van der Waals surface area contributed by atoms with E-state index < -0.39 is 17.7 Å². The van der Waals surface area contributed by atoms with E-state index in [1.165, 1.54) is 17.6 Å². The Balaban J connectivity index is 2.25. The summed E-state index contributed by atoms with van der Waals surface area (Å²) in [4.78, 5) is 23.9. The van der Waals surface area contributed by atoms with Gasteiger partial charge in [0.1, 0.15) is 17.5 Å². The van der Waals surface area contributed by atoms with Gasteiger partial charge in [-0.1, -0.05) is 6.07 Å². The van der Waals surface area contributed by atoms with Crippen molar-refractivity contribution in [2.75, 3.05) is 0 Å². The van der Waals surface area contributed by atoms with Gasteiger partial charge in [-0.25, -0.2) is 0 Å². The normalized spacial score (nSPS) is 22.1. The molecule has 3 rings (SSSR count). The van der Waals surface area contributed by atoms with Crippen LogP contribution in [0.15, 0.2) is 47.4 Å². The maximum absolute atomic E-state index is 12.2. The zero-order chi connectivity index (χ0) is 16.8. The molecule has 23 heavy (non-hydrogen) atoms. The fraction of sp³-hybridized carbons (Fsp3) is 0.333. The molecule has 0 spiro atoms. The van der Waals surface area contributed by atoms with Gasteiger partial charge in [-0.15, -0.1) is 0 Å². The summed E-state index contributed by atoms with van der Waals surface area (Å²) in [5.41, 5.74) is 0.0875. The Kier molecular flexibility index (Phi) is 3.60. The van der Waals surface area contributed by atoms with E-state index in [0.29, 0.717) is 16.9 Å². The first-order valence-corrected chi connectivity index (χ1v) is 7.50. The molecule has 0 aliphatic carbocycles. The Hall–Kier alpha value is -2.40. The molecule has 0 amide bonds. The number of aliphatic hydroxyl groups is 1. The van der Waals surface area contributed by atoms with Crippen LogP contribution in [-0.2, 0) is 0 Å². The molecule has 1 aliphatic rings. The van der Waals surface area contributed by atoms with Crippen molar-refractivity contribution in [2.24, 2.45) is 0 Å². The van der Waals surface area contributed by atoms with Crippen LogP contribution in [0.2, 0.25) is 0 Å². The Labute approximate surface area is 134 Å². The predicted molar refractivity (Wildman–Crippen MR) is 86.0 cm³/mol. The molecule has 0 bridgehead atoms. The van der Waals surface area contributed by atoms with Crippen molar-refractivity contribution < 1.29 is 14.6 Å². The van der Waals surface area contributed by atoms with Gasteiger partial charge < -0.3 is 14.4 Å². The van der Waals surface area contributed by atoms with Gasteiger partial charge in [0.05, 0.1) is 6.04 Å². The van der Waals surface area contributed by atoms with Gasteiger partial charge in [0, 0.05) is 23.4 Å². The molecule has 0 radical (unpaired) electrons. The van der Waals surface area contributed by atoms with E-state index in [4.69, 9.17) is 4.74 Å². The lowest BCUT2D eigenvalue weighted by molar-refractivity contribution is -0.0642. The first kappa shape index (κ1) is 15.5. The standard InChI is InChI=1S/C18H19NO4/c1-11(20)12-7-8-14-13(10-12)16(17(22)18(2,3)23-14)19-9-5-4-6-15(19)21/h4-10,16-17,22H,1-3H3/t16-,17+/m1/s1. The molecule has 0 unspecified atom stereocenters. The lowest BCUT2D eigenvalue weighted by Gasteiger charge is -2.42. The van der Waals surface area contributed by atoms with Crippen molar-refractivity contribution in [1.82, 2.24) is 4.57 Å². The summed E-state index contributed by atoms with van der Waals surface area (Å²) >= 11 is 0. The molecule has 1 aliphatic heterocycles. The fourth-order valence-corrected chi connectivity index (χ4v) is 2.96. The Morgan fingerprint density at radius 3 is 2.65 bits per heavy atom. The zero-order valence-electron chi connectivity index (χ0n) is 13.3.